The van der Waals surface area contributed by atoms with Gasteiger partial charge in [0.05, 0.1) is 12.2 Å². The summed E-state index contributed by atoms with van der Waals surface area (Å²) in [6.07, 6.45) is 3.20. The fraction of sp³-hybridized carbons (Fsp3) is 0.500. The van der Waals surface area contributed by atoms with E-state index in [2.05, 4.69) is 63.8 Å². The Kier molecular flexibility index (Phi) is 6.15. The van der Waals surface area contributed by atoms with E-state index in [0.29, 0.717) is 12.6 Å². The SMILES string of the molecule is CCc1cc(CNC(=NC)NC2CCCN(c3ccc(C)cc3)C2)on1. The third kappa shape index (κ3) is 4.77. The molecular weight excluding hydrogens is 326 g/mol. The number of aromatic nitrogens is 1. The Bertz CT molecular complexity index is 722. The van der Waals surface area contributed by atoms with E-state index in [1.165, 1.54) is 17.7 Å². The summed E-state index contributed by atoms with van der Waals surface area (Å²) >= 11 is 0. The van der Waals surface area contributed by atoms with Gasteiger partial charge in [-0.05, 0) is 38.3 Å². The van der Waals surface area contributed by atoms with Crippen molar-refractivity contribution >= 4 is 11.6 Å². The van der Waals surface area contributed by atoms with Gasteiger partial charge in [-0.25, -0.2) is 0 Å². The summed E-state index contributed by atoms with van der Waals surface area (Å²) in [5, 5.41) is 10.9. The van der Waals surface area contributed by atoms with Gasteiger partial charge in [0, 0.05) is 37.9 Å². The number of hydrogen-bond donors (Lipinski definition) is 2. The molecule has 1 aromatic carbocycles. The highest BCUT2D eigenvalue weighted by Gasteiger charge is 2.21. The van der Waals surface area contributed by atoms with Gasteiger partial charge < -0.3 is 20.1 Å². The molecular formula is C20H29N5O. The van der Waals surface area contributed by atoms with Crippen LogP contribution in [0.4, 0.5) is 5.69 Å². The molecule has 6 heteroatoms. The smallest absolute Gasteiger partial charge is 0.191 e. The number of hydrogen-bond acceptors (Lipinski definition) is 4. The molecule has 1 unspecified atom stereocenters. The number of guanidine groups is 1. The highest BCUT2D eigenvalue weighted by atomic mass is 16.5. The van der Waals surface area contributed by atoms with Crippen molar-refractivity contribution in [2.24, 2.45) is 4.99 Å². The highest BCUT2D eigenvalue weighted by molar-refractivity contribution is 5.80. The number of aliphatic imine (C=N–C) groups is 1. The van der Waals surface area contributed by atoms with Gasteiger partial charge in [-0.2, -0.15) is 0 Å². The first-order chi connectivity index (χ1) is 12.7. The van der Waals surface area contributed by atoms with Gasteiger partial charge in [-0.3, -0.25) is 4.99 Å². The lowest BCUT2D eigenvalue weighted by Crippen LogP contribution is -2.51. The molecule has 1 saturated heterocycles. The van der Waals surface area contributed by atoms with E-state index in [1.54, 1.807) is 7.05 Å². The lowest BCUT2D eigenvalue weighted by atomic mass is 10.0. The molecule has 1 aliphatic rings. The summed E-state index contributed by atoms with van der Waals surface area (Å²) in [7, 11) is 1.80. The average Bonchev–Trinajstić information content (AvgIpc) is 3.14. The first-order valence-electron chi connectivity index (χ1n) is 9.41. The monoisotopic (exact) mass is 355 g/mol. The van der Waals surface area contributed by atoms with Gasteiger partial charge in [0.1, 0.15) is 0 Å². The molecule has 1 atom stereocenters. The van der Waals surface area contributed by atoms with Crippen molar-refractivity contribution in [1.29, 1.82) is 0 Å². The van der Waals surface area contributed by atoms with Crippen LogP contribution < -0.4 is 15.5 Å². The molecule has 0 aliphatic carbocycles. The van der Waals surface area contributed by atoms with Gasteiger partial charge in [0.25, 0.3) is 0 Å². The lowest BCUT2D eigenvalue weighted by Gasteiger charge is -2.35. The van der Waals surface area contributed by atoms with Gasteiger partial charge in [0.2, 0.25) is 0 Å². The largest absolute Gasteiger partial charge is 0.369 e. The van der Waals surface area contributed by atoms with Crippen molar-refractivity contribution in [2.45, 2.75) is 45.7 Å². The zero-order valence-electron chi connectivity index (χ0n) is 16.0. The predicted octanol–water partition coefficient (Wildman–Crippen LogP) is 2.88. The molecule has 0 amide bonds. The maximum absolute atomic E-state index is 5.32. The molecule has 140 valence electrons. The number of benzene rings is 1. The molecule has 3 rings (SSSR count). The van der Waals surface area contributed by atoms with E-state index in [-0.39, 0.29) is 0 Å². The molecule has 0 radical (unpaired) electrons. The van der Waals surface area contributed by atoms with E-state index in [4.69, 9.17) is 4.52 Å². The van der Waals surface area contributed by atoms with Crippen molar-refractivity contribution in [2.75, 3.05) is 25.0 Å². The minimum absolute atomic E-state index is 0.372. The van der Waals surface area contributed by atoms with E-state index in [1.807, 2.05) is 6.07 Å². The van der Waals surface area contributed by atoms with Crippen molar-refractivity contribution in [3.8, 4) is 0 Å². The number of nitrogens with one attached hydrogen (secondary N) is 2. The Morgan fingerprint density at radius 2 is 2.15 bits per heavy atom. The molecule has 1 aliphatic heterocycles. The van der Waals surface area contributed by atoms with E-state index < -0.39 is 0 Å². The van der Waals surface area contributed by atoms with Crippen LogP contribution in [0.2, 0.25) is 0 Å². The van der Waals surface area contributed by atoms with E-state index in [0.717, 1.165) is 43.3 Å². The van der Waals surface area contributed by atoms with E-state index >= 15 is 0 Å². The van der Waals surface area contributed by atoms with Crippen LogP contribution in [0.1, 0.15) is 36.8 Å². The standard InChI is InChI=1S/C20H29N5O/c1-4-16-12-19(26-24-16)13-22-20(21-3)23-17-6-5-11-25(14-17)18-9-7-15(2)8-10-18/h7-10,12,17H,4-6,11,13-14H2,1-3H3,(H2,21,22,23). The molecule has 26 heavy (non-hydrogen) atoms. The van der Waals surface area contributed by atoms with Crippen LogP contribution in [-0.2, 0) is 13.0 Å². The Morgan fingerprint density at radius 1 is 1.35 bits per heavy atom. The van der Waals surface area contributed by atoms with Gasteiger partial charge in [-0.15, -0.1) is 0 Å². The van der Waals surface area contributed by atoms with Crippen LogP contribution in [-0.4, -0.2) is 37.3 Å². The van der Waals surface area contributed by atoms with Gasteiger partial charge in [-0.1, -0.05) is 29.8 Å². The summed E-state index contributed by atoms with van der Waals surface area (Å²) < 4.78 is 5.32. The number of piperidine rings is 1. The quantitative estimate of drug-likeness (QED) is 0.638. The fourth-order valence-electron chi connectivity index (χ4n) is 3.25. The second-order valence-electron chi connectivity index (χ2n) is 6.83. The fourth-order valence-corrected chi connectivity index (χ4v) is 3.25. The zero-order valence-corrected chi connectivity index (χ0v) is 16.0. The minimum atomic E-state index is 0.372. The Labute approximate surface area is 155 Å². The average molecular weight is 355 g/mol. The Morgan fingerprint density at radius 3 is 2.85 bits per heavy atom. The number of nitrogens with zero attached hydrogens (tertiary/aromatic N) is 3. The van der Waals surface area contributed by atoms with Gasteiger partial charge >= 0.3 is 0 Å². The van der Waals surface area contributed by atoms with Crippen LogP contribution in [0.15, 0.2) is 39.8 Å². The highest BCUT2D eigenvalue weighted by Crippen LogP contribution is 2.20. The van der Waals surface area contributed by atoms with Crippen molar-refractivity contribution < 1.29 is 4.52 Å². The molecule has 6 nitrogen and oxygen atoms in total. The molecule has 0 bridgehead atoms. The van der Waals surface area contributed by atoms with Crippen LogP contribution in [0.5, 0.6) is 0 Å². The summed E-state index contributed by atoms with van der Waals surface area (Å²) in [5.74, 6) is 1.63. The Hall–Kier alpha value is -2.50. The van der Waals surface area contributed by atoms with Gasteiger partial charge in [0.15, 0.2) is 11.7 Å². The summed E-state index contributed by atoms with van der Waals surface area (Å²) in [5.41, 5.74) is 3.56. The first kappa shape index (κ1) is 18.3. The summed E-state index contributed by atoms with van der Waals surface area (Å²) in [4.78, 5) is 6.79. The minimum Gasteiger partial charge on any atom is -0.369 e. The second kappa shape index (κ2) is 8.74. The van der Waals surface area contributed by atoms with Crippen LogP contribution in [0.25, 0.3) is 0 Å². The molecule has 0 saturated carbocycles. The third-order valence-electron chi connectivity index (χ3n) is 4.79. The van der Waals surface area contributed by atoms with Crippen LogP contribution >= 0.6 is 0 Å². The summed E-state index contributed by atoms with van der Waals surface area (Å²) in [6.45, 7) is 6.86. The predicted molar refractivity (Wildman–Crippen MR) is 106 cm³/mol. The van der Waals surface area contributed by atoms with Crippen molar-refractivity contribution in [3.63, 3.8) is 0 Å². The number of aryl methyl sites for hydroxylation is 2. The van der Waals surface area contributed by atoms with Crippen molar-refractivity contribution in [1.82, 2.24) is 15.8 Å². The molecule has 1 aromatic heterocycles. The maximum atomic E-state index is 5.32. The van der Waals surface area contributed by atoms with Crippen LogP contribution in [0, 0.1) is 6.92 Å². The Balaban J connectivity index is 1.53. The topological polar surface area (TPSA) is 65.7 Å². The van der Waals surface area contributed by atoms with E-state index in [9.17, 15) is 0 Å². The summed E-state index contributed by atoms with van der Waals surface area (Å²) in [6, 6.07) is 11.1. The van der Waals surface area contributed by atoms with Crippen LogP contribution in [0.3, 0.4) is 0 Å². The maximum Gasteiger partial charge on any atom is 0.191 e. The third-order valence-corrected chi connectivity index (χ3v) is 4.79. The lowest BCUT2D eigenvalue weighted by molar-refractivity contribution is 0.374. The second-order valence-corrected chi connectivity index (χ2v) is 6.83. The molecule has 0 spiro atoms. The molecule has 2 heterocycles. The molecule has 1 fully saturated rings. The molecule has 2 N–H and O–H groups in total. The van der Waals surface area contributed by atoms with Crippen molar-refractivity contribution in [3.05, 3.63) is 47.3 Å². The number of anilines is 1. The molecule has 2 aromatic rings. The number of rotatable bonds is 5. The first-order valence-corrected chi connectivity index (χ1v) is 9.41. The zero-order chi connectivity index (χ0) is 18.4. The normalized spacial score (nSPS) is 18.0.